The molecule has 1 fully saturated rings. The Morgan fingerprint density at radius 2 is 1.36 bits per heavy atom. The van der Waals surface area contributed by atoms with Crippen LogP contribution in [0, 0.1) is 11.8 Å². The zero-order chi connectivity index (χ0) is 54.6. The van der Waals surface area contributed by atoms with Gasteiger partial charge in [-0.1, -0.05) is 74.1 Å². The largest absolute Gasteiger partial charge is 0.480 e. The molecule has 7 amide bonds. The van der Waals surface area contributed by atoms with Crippen molar-refractivity contribution in [3.63, 3.8) is 0 Å². The molecule has 402 valence electrons. The lowest BCUT2D eigenvalue weighted by Crippen LogP contribution is -2.55. The summed E-state index contributed by atoms with van der Waals surface area (Å²) >= 11 is 0. The smallest absolute Gasteiger partial charge is 0.326 e. The lowest BCUT2D eigenvalue weighted by molar-refractivity contribution is -0.144. The Kier molecular flexibility index (Phi) is 27.0. The lowest BCUT2D eigenvalue weighted by atomic mass is 9.94. The van der Waals surface area contributed by atoms with Gasteiger partial charge in [-0.2, -0.15) is 0 Å². The maximum Gasteiger partial charge on any atom is 0.326 e. The van der Waals surface area contributed by atoms with Crippen LogP contribution in [0.15, 0.2) is 75.9 Å². The van der Waals surface area contributed by atoms with Gasteiger partial charge < -0.3 is 75.1 Å². The van der Waals surface area contributed by atoms with Gasteiger partial charge in [0.2, 0.25) is 35.4 Å². The summed E-state index contributed by atoms with van der Waals surface area (Å²) in [7, 11) is 1.61. The highest BCUT2D eigenvalue weighted by Crippen LogP contribution is 2.18. The van der Waals surface area contributed by atoms with E-state index < -0.39 is 115 Å². The molecule has 0 aliphatic carbocycles. The summed E-state index contributed by atoms with van der Waals surface area (Å²) in [6.45, 7) is 6.04. The van der Waals surface area contributed by atoms with Gasteiger partial charge in [0.15, 0.2) is 11.9 Å². The fourth-order valence-electron chi connectivity index (χ4n) is 7.36. The zero-order valence-electron chi connectivity index (χ0n) is 42.0. The van der Waals surface area contributed by atoms with Crippen LogP contribution in [-0.2, 0) is 54.3 Å². The Morgan fingerprint density at radius 3 is 1.95 bits per heavy atom. The van der Waals surface area contributed by atoms with Gasteiger partial charge in [0, 0.05) is 32.5 Å². The second-order valence-corrected chi connectivity index (χ2v) is 17.4. The van der Waals surface area contributed by atoms with Crippen LogP contribution in [0.25, 0.3) is 0 Å². The van der Waals surface area contributed by atoms with Gasteiger partial charge in [0.1, 0.15) is 29.9 Å². The second kappa shape index (κ2) is 32.2. The minimum atomic E-state index is -1.89. The standard InChI is InChI=1S/C48H73N13O12/c1-6-31-42(66)55-26-40(64)58-34(16-12-22-54-48(51)52)44(68)61-36(46(71)72)25-39(63)57-33(15-10-11-21-53-47(49)50)43(67)59-32(29(4)41(65)60-35(45(69)70)19-20-38(62)56-31)18-17-27(2)23-28(3)37(73-5)24-30-13-8-7-9-14-30/h6-9,13-14,17-18,23,28-29,32-37H,10-12,15-16,19-22,24-26H2,1-5H3,(H,55,66)(H,56,62)(H,57,63)(H,58,64)(H,59,67)(H,60,65)(H,61,68)(H,69,70)(H,71,72)(H4,49,50,53)(H4,51,52,54)/b18-17+,27-23+,31-6-/t28-,29-,32?,33?,34-,35+,36?,37-/m0/s1. The van der Waals surface area contributed by atoms with E-state index in [1.165, 1.54) is 26.0 Å². The normalized spacial score (nSPS) is 23.1. The number of aliphatic carboxylic acids is 2. The van der Waals surface area contributed by atoms with Crippen LogP contribution in [0.4, 0.5) is 0 Å². The molecule has 25 nitrogen and oxygen atoms in total. The number of nitrogens with one attached hydrogen (secondary N) is 7. The molecular formula is C48H73N13O12. The third-order valence-electron chi connectivity index (χ3n) is 11.5. The quantitative estimate of drug-likeness (QED) is 0.0260. The van der Waals surface area contributed by atoms with E-state index in [9.17, 15) is 53.4 Å². The molecule has 1 aliphatic rings. The highest BCUT2D eigenvalue weighted by atomic mass is 16.5. The Morgan fingerprint density at radius 1 is 0.781 bits per heavy atom. The number of unbranched alkanes of at least 4 members (excludes halogenated alkanes) is 1. The topological polar surface area (TPSA) is 416 Å². The van der Waals surface area contributed by atoms with E-state index >= 15 is 0 Å². The van der Waals surface area contributed by atoms with Gasteiger partial charge >= 0.3 is 11.9 Å². The molecule has 3 unspecified atom stereocenters. The maximum atomic E-state index is 14.3. The number of methoxy groups -OCH3 is 1. The number of rotatable bonds is 18. The van der Waals surface area contributed by atoms with Gasteiger partial charge in [0.05, 0.1) is 31.0 Å². The number of amides is 7. The second-order valence-electron chi connectivity index (χ2n) is 17.4. The number of ether oxygens (including phenoxy) is 1. The third-order valence-corrected chi connectivity index (χ3v) is 11.5. The van der Waals surface area contributed by atoms with Crippen molar-refractivity contribution >= 4 is 65.2 Å². The molecule has 1 aliphatic heterocycles. The molecule has 0 bridgehead atoms. The summed E-state index contributed by atoms with van der Waals surface area (Å²) in [4.78, 5) is 128. The molecule has 1 aromatic carbocycles. The molecule has 2 rings (SSSR count). The molecule has 0 radical (unpaired) electrons. The third kappa shape index (κ3) is 23.8. The molecule has 0 saturated carbocycles. The van der Waals surface area contributed by atoms with Gasteiger partial charge in [-0.3, -0.25) is 43.5 Å². The van der Waals surface area contributed by atoms with Crippen LogP contribution < -0.4 is 60.2 Å². The molecule has 0 aromatic heterocycles. The first-order valence-corrected chi connectivity index (χ1v) is 23.8. The monoisotopic (exact) mass is 1020 g/mol. The van der Waals surface area contributed by atoms with Crippen molar-refractivity contribution in [1.82, 2.24) is 37.2 Å². The van der Waals surface area contributed by atoms with Gasteiger partial charge in [-0.25, -0.2) is 9.59 Å². The summed E-state index contributed by atoms with van der Waals surface area (Å²) in [5, 5.41) is 37.3. The number of nitrogens with two attached hydrogens (primary N) is 4. The number of carboxylic acids is 2. The zero-order valence-corrected chi connectivity index (χ0v) is 42.0. The summed E-state index contributed by atoms with van der Waals surface area (Å²) in [6, 6.07) is 2.24. The number of carboxylic acid groups (broad SMARTS) is 2. The van der Waals surface area contributed by atoms with E-state index in [0.29, 0.717) is 18.4 Å². The first kappa shape index (κ1) is 61.3. The minimum Gasteiger partial charge on any atom is -0.480 e. The van der Waals surface area contributed by atoms with Crippen LogP contribution in [0.3, 0.4) is 0 Å². The number of nitrogens with zero attached hydrogens (tertiary/aromatic N) is 2. The molecule has 73 heavy (non-hydrogen) atoms. The number of benzene rings is 1. The first-order valence-electron chi connectivity index (χ1n) is 23.8. The van der Waals surface area contributed by atoms with Crippen LogP contribution in [-0.4, -0.2) is 138 Å². The molecule has 1 heterocycles. The van der Waals surface area contributed by atoms with E-state index in [0.717, 1.165) is 5.56 Å². The van der Waals surface area contributed by atoms with Crippen LogP contribution >= 0.6 is 0 Å². The number of aliphatic imine (C=N–C) groups is 2. The Balaban J connectivity index is 2.67. The SMILES string of the molecule is C/C=C1\NC(=O)CC[C@H](C(=O)O)NC(=O)[C@@H](C)C(/C=C/C(C)=C/[C@H](C)[C@H](Cc2ccccc2)OC)NC(=O)C(CCCCN=C(N)N)NC(=O)CC(C(=O)O)NC(=O)[C@H](CCCN=C(N)N)NC(=O)CNC1=O. The van der Waals surface area contributed by atoms with Crippen LogP contribution in [0.5, 0.6) is 0 Å². The van der Waals surface area contributed by atoms with Gasteiger partial charge in [-0.05, 0) is 64.4 Å². The summed E-state index contributed by atoms with van der Waals surface area (Å²) in [5.41, 5.74) is 23.2. The number of guanidine groups is 2. The Labute approximate surface area is 424 Å². The molecule has 1 aromatic rings. The molecule has 25 heteroatoms. The van der Waals surface area contributed by atoms with E-state index in [1.807, 2.05) is 43.3 Å². The van der Waals surface area contributed by atoms with E-state index in [-0.39, 0.29) is 68.4 Å². The van der Waals surface area contributed by atoms with Gasteiger partial charge in [0.25, 0.3) is 5.91 Å². The van der Waals surface area contributed by atoms with E-state index in [2.05, 4.69) is 47.2 Å². The average Bonchev–Trinajstić information content (AvgIpc) is 3.33. The fourth-order valence-corrected chi connectivity index (χ4v) is 7.36. The summed E-state index contributed by atoms with van der Waals surface area (Å²) in [6.07, 6.45) is 5.41. The molecule has 0 spiro atoms. The van der Waals surface area contributed by atoms with Crippen molar-refractivity contribution < 1.29 is 58.1 Å². The maximum absolute atomic E-state index is 14.3. The predicted molar refractivity (Wildman–Crippen MR) is 270 cm³/mol. The van der Waals surface area contributed by atoms with Crippen molar-refractivity contribution in [2.45, 2.75) is 122 Å². The number of carbonyl (C=O) groups excluding carboxylic acids is 7. The molecule has 17 N–H and O–H groups in total. The van der Waals surface area contributed by atoms with Crippen molar-refractivity contribution in [2.75, 3.05) is 26.7 Å². The fraction of sp³-hybridized carbons (Fsp3) is 0.521. The van der Waals surface area contributed by atoms with Crippen LogP contribution in [0.2, 0.25) is 0 Å². The lowest BCUT2D eigenvalue weighted by Gasteiger charge is -2.27. The number of hydrogen-bond donors (Lipinski definition) is 13. The van der Waals surface area contributed by atoms with Crippen molar-refractivity contribution in [1.29, 1.82) is 0 Å². The Hall–Kier alpha value is -7.83. The van der Waals surface area contributed by atoms with E-state index in [4.69, 9.17) is 27.7 Å². The summed E-state index contributed by atoms with van der Waals surface area (Å²) < 4.78 is 5.81. The first-order chi connectivity index (χ1) is 34.5. The predicted octanol–water partition coefficient (Wildman–Crippen LogP) is -1.57. The average molecular weight is 1020 g/mol. The number of hydrogen-bond acceptors (Lipinski definition) is 12. The highest BCUT2D eigenvalue weighted by molar-refractivity contribution is 6.00. The minimum absolute atomic E-state index is 0.00954. The van der Waals surface area contributed by atoms with Crippen molar-refractivity contribution in [3.05, 3.63) is 71.5 Å². The number of allylic oxidation sites excluding steroid dienone is 3. The molecule has 8 atom stereocenters. The molecule has 1 saturated heterocycles. The van der Waals surface area contributed by atoms with Crippen molar-refractivity contribution in [2.24, 2.45) is 44.8 Å². The van der Waals surface area contributed by atoms with Crippen molar-refractivity contribution in [3.8, 4) is 0 Å². The van der Waals surface area contributed by atoms with E-state index in [1.54, 1.807) is 20.1 Å². The van der Waals surface area contributed by atoms with Crippen LogP contribution in [0.1, 0.15) is 84.6 Å². The Bertz CT molecular complexity index is 2230. The van der Waals surface area contributed by atoms with Gasteiger partial charge in [-0.15, -0.1) is 0 Å². The highest BCUT2D eigenvalue weighted by Gasteiger charge is 2.33. The molecular weight excluding hydrogens is 951 g/mol. The number of carbonyl (C=O) groups is 9. The summed E-state index contributed by atoms with van der Waals surface area (Å²) in [5.74, 6) is -11.2.